The molecule has 4 nitrogen and oxygen atoms in total. The zero-order valence-corrected chi connectivity index (χ0v) is 10.5. The molecule has 0 fully saturated rings. The first-order valence-electron chi connectivity index (χ1n) is 4.76. The van der Waals surface area contributed by atoms with Crippen molar-refractivity contribution in [3.63, 3.8) is 0 Å². The molecule has 0 atom stereocenters. The van der Waals surface area contributed by atoms with E-state index in [4.69, 9.17) is 11.6 Å². The van der Waals surface area contributed by atoms with Crippen LogP contribution in [-0.2, 0) is 16.1 Å². The third-order valence-electron chi connectivity index (χ3n) is 1.98. The summed E-state index contributed by atoms with van der Waals surface area (Å²) in [5.41, 5.74) is 1.16. The molecule has 0 aliphatic rings. The van der Waals surface area contributed by atoms with Gasteiger partial charge >= 0.3 is 0 Å². The first-order chi connectivity index (χ1) is 7.63. The Balaban J connectivity index is 2.25. The molecule has 0 aliphatic carbocycles. The van der Waals surface area contributed by atoms with Gasteiger partial charge in [-0.2, -0.15) is 0 Å². The highest BCUT2D eigenvalue weighted by molar-refractivity contribution is 7.10. The van der Waals surface area contributed by atoms with Gasteiger partial charge in [-0.15, -0.1) is 22.9 Å². The summed E-state index contributed by atoms with van der Waals surface area (Å²) in [6.07, 6.45) is 0. The lowest BCUT2D eigenvalue weighted by Gasteiger charge is -2.05. The number of carbonyl (C=O) groups excluding carboxylic acids is 2. The third kappa shape index (κ3) is 4.20. The highest BCUT2D eigenvalue weighted by Gasteiger charge is 2.05. The summed E-state index contributed by atoms with van der Waals surface area (Å²) < 4.78 is 0. The summed E-state index contributed by atoms with van der Waals surface area (Å²) in [6.45, 7) is 2.46. The smallest absolute Gasteiger partial charge is 0.239 e. The van der Waals surface area contributed by atoms with E-state index in [1.165, 1.54) is 0 Å². The van der Waals surface area contributed by atoms with Crippen LogP contribution in [0.2, 0.25) is 0 Å². The normalized spacial score (nSPS) is 9.88. The van der Waals surface area contributed by atoms with Crippen molar-refractivity contribution in [2.45, 2.75) is 13.5 Å². The molecule has 0 spiro atoms. The largest absolute Gasteiger partial charge is 0.350 e. The van der Waals surface area contributed by atoms with Crippen LogP contribution in [0, 0.1) is 6.92 Å². The van der Waals surface area contributed by atoms with Gasteiger partial charge in [-0.3, -0.25) is 9.59 Å². The van der Waals surface area contributed by atoms with Crippen LogP contribution in [0.4, 0.5) is 0 Å². The number of rotatable bonds is 5. The maximum atomic E-state index is 11.3. The quantitative estimate of drug-likeness (QED) is 0.777. The number of hydrogen-bond acceptors (Lipinski definition) is 3. The molecule has 0 bridgehead atoms. The molecule has 1 aromatic heterocycles. The van der Waals surface area contributed by atoms with E-state index in [9.17, 15) is 9.59 Å². The Morgan fingerprint density at radius 1 is 1.38 bits per heavy atom. The summed E-state index contributed by atoms with van der Waals surface area (Å²) in [5, 5.41) is 7.09. The lowest BCUT2D eigenvalue weighted by molar-refractivity contribution is -0.124. The molecule has 2 N–H and O–H groups in total. The Labute approximate surface area is 103 Å². The van der Waals surface area contributed by atoms with Gasteiger partial charge in [-0.1, -0.05) is 0 Å². The van der Waals surface area contributed by atoms with E-state index in [1.807, 2.05) is 18.4 Å². The van der Waals surface area contributed by atoms with Crippen molar-refractivity contribution >= 4 is 34.8 Å². The van der Waals surface area contributed by atoms with Gasteiger partial charge in [0, 0.05) is 4.88 Å². The minimum Gasteiger partial charge on any atom is -0.350 e. The summed E-state index contributed by atoms with van der Waals surface area (Å²) in [6, 6.07) is 2.00. The molecule has 6 heteroatoms. The molecule has 1 aromatic rings. The second-order valence-electron chi connectivity index (χ2n) is 3.21. The van der Waals surface area contributed by atoms with Crippen molar-refractivity contribution in [3.8, 4) is 0 Å². The van der Waals surface area contributed by atoms with Gasteiger partial charge in [0.05, 0.1) is 13.1 Å². The predicted octanol–water partition coefficient (Wildman–Crippen LogP) is 1.03. The van der Waals surface area contributed by atoms with E-state index >= 15 is 0 Å². The van der Waals surface area contributed by atoms with Crippen LogP contribution in [0.3, 0.4) is 0 Å². The van der Waals surface area contributed by atoms with Gasteiger partial charge < -0.3 is 10.6 Å². The molecule has 0 saturated carbocycles. The molecule has 0 aliphatic heterocycles. The molecule has 0 saturated heterocycles. The van der Waals surface area contributed by atoms with Crippen LogP contribution in [0.5, 0.6) is 0 Å². The summed E-state index contributed by atoms with van der Waals surface area (Å²) >= 11 is 6.87. The predicted molar refractivity (Wildman–Crippen MR) is 64.6 cm³/mol. The lowest BCUT2D eigenvalue weighted by Crippen LogP contribution is -2.37. The molecule has 16 heavy (non-hydrogen) atoms. The van der Waals surface area contributed by atoms with Crippen LogP contribution < -0.4 is 10.6 Å². The molecule has 1 rings (SSSR count). The Bertz CT molecular complexity index is 379. The van der Waals surface area contributed by atoms with Crippen LogP contribution >= 0.6 is 22.9 Å². The lowest BCUT2D eigenvalue weighted by atomic mass is 10.3. The zero-order chi connectivity index (χ0) is 12.0. The maximum Gasteiger partial charge on any atom is 0.239 e. The first kappa shape index (κ1) is 13.0. The highest BCUT2D eigenvalue weighted by atomic mass is 35.5. The second-order valence-corrected chi connectivity index (χ2v) is 4.48. The Morgan fingerprint density at radius 3 is 2.69 bits per heavy atom. The number of aryl methyl sites for hydroxylation is 1. The van der Waals surface area contributed by atoms with Gasteiger partial charge in [0.25, 0.3) is 0 Å². The number of alkyl halides is 1. The van der Waals surface area contributed by atoms with Crippen LogP contribution in [0.25, 0.3) is 0 Å². The minimum atomic E-state index is -0.343. The number of amides is 2. The van der Waals surface area contributed by atoms with E-state index in [0.717, 1.165) is 10.4 Å². The molecular formula is C10H13ClN2O2S. The number of nitrogens with one attached hydrogen (secondary N) is 2. The summed E-state index contributed by atoms with van der Waals surface area (Å²) in [5.74, 6) is -0.687. The van der Waals surface area contributed by atoms with E-state index in [0.29, 0.717) is 6.54 Å². The van der Waals surface area contributed by atoms with Gasteiger partial charge in [-0.05, 0) is 23.9 Å². The molecular weight excluding hydrogens is 248 g/mol. The van der Waals surface area contributed by atoms with Crippen molar-refractivity contribution in [2.24, 2.45) is 0 Å². The summed E-state index contributed by atoms with van der Waals surface area (Å²) in [4.78, 5) is 23.2. The average Bonchev–Trinajstić information content (AvgIpc) is 2.69. The SMILES string of the molecule is Cc1ccsc1CNC(=O)CNC(=O)CCl. The highest BCUT2D eigenvalue weighted by Crippen LogP contribution is 2.14. The molecule has 2 amide bonds. The van der Waals surface area contributed by atoms with Gasteiger partial charge in [0.1, 0.15) is 5.88 Å². The number of halogens is 1. The van der Waals surface area contributed by atoms with Crippen LogP contribution in [0.15, 0.2) is 11.4 Å². The van der Waals surface area contributed by atoms with Crippen molar-refractivity contribution in [1.29, 1.82) is 0 Å². The Hall–Kier alpha value is -1.07. The van der Waals surface area contributed by atoms with Crippen LogP contribution in [-0.4, -0.2) is 24.2 Å². The molecule has 0 aromatic carbocycles. The van der Waals surface area contributed by atoms with E-state index in [2.05, 4.69) is 10.6 Å². The fraction of sp³-hybridized carbons (Fsp3) is 0.400. The number of hydrogen-bond donors (Lipinski definition) is 2. The molecule has 88 valence electrons. The Kier molecular flexibility index (Phi) is 5.28. The number of carbonyl (C=O) groups is 2. The third-order valence-corrected chi connectivity index (χ3v) is 3.25. The monoisotopic (exact) mass is 260 g/mol. The summed E-state index contributed by atoms with van der Waals surface area (Å²) in [7, 11) is 0. The van der Waals surface area contributed by atoms with Crippen molar-refractivity contribution in [2.75, 3.05) is 12.4 Å². The second kappa shape index (κ2) is 6.50. The van der Waals surface area contributed by atoms with E-state index < -0.39 is 0 Å². The van der Waals surface area contributed by atoms with Gasteiger partial charge in [0.2, 0.25) is 11.8 Å². The topological polar surface area (TPSA) is 58.2 Å². The molecule has 0 unspecified atom stereocenters. The molecule has 1 heterocycles. The zero-order valence-electron chi connectivity index (χ0n) is 8.88. The maximum absolute atomic E-state index is 11.3. The Morgan fingerprint density at radius 2 is 2.12 bits per heavy atom. The minimum absolute atomic E-state index is 0.0318. The standard InChI is InChI=1S/C10H13ClN2O2S/c1-7-2-3-16-8(7)5-12-10(15)6-13-9(14)4-11/h2-3H,4-6H2,1H3,(H,12,15)(H,13,14). The van der Waals surface area contributed by atoms with Crippen molar-refractivity contribution in [1.82, 2.24) is 10.6 Å². The van der Waals surface area contributed by atoms with Crippen molar-refractivity contribution in [3.05, 3.63) is 21.9 Å². The number of thiophene rings is 1. The fourth-order valence-corrected chi connectivity index (χ4v) is 1.99. The van der Waals surface area contributed by atoms with E-state index in [-0.39, 0.29) is 24.2 Å². The fourth-order valence-electron chi connectivity index (χ4n) is 1.05. The van der Waals surface area contributed by atoms with E-state index in [1.54, 1.807) is 11.3 Å². The van der Waals surface area contributed by atoms with Gasteiger partial charge in [-0.25, -0.2) is 0 Å². The first-order valence-corrected chi connectivity index (χ1v) is 6.17. The molecule has 0 radical (unpaired) electrons. The van der Waals surface area contributed by atoms with Gasteiger partial charge in [0.15, 0.2) is 0 Å². The van der Waals surface area contributed by atoms with Crippen LogP contribution in [0.1, 0.15) is 10.4 Å². The van der Waals surface area contributed by atoms with Crippen molar-refractivity contribution < 1.29 is 9.59 Å². The average molecular weight is 261 g/mol.